The van der Waals surface area contributed by atoms with Gasteiger partial charge in [-0.05, 0) is 45.7 Å². The maximum Gasteiger partial charge on any atom is 0.0502 e. The summed E-state index contributed by atoms with van der Waals surface area (Å²) >= 11 is 0. The first kappa shape index (κ1) is 13.7. The zero-order valence-corrected chi connectivity index (χ0v) is 9.77. The van der Waals surface area contributed by atoms with Crippen LogP contribution in [-0.4, -0.2) is 26.3 Å². The van der Waals surface area contributed by atoms with Crippen LogP contribution in [0.1, 0.15) is 39.5 Å². The van der Waals surface area contributed by atoms with Crippen molar-refractivity contribution in [3.8, 4) is 0 Å². The van der Waals surface area contributed by atoms with Gasteiger partial charge in [0.05, 0.1) is 6.61 Å². The molecule has 0 rings (SSSR count). The van der Waals surface area contributed by atoms with Crippen LogP contribution in [0.25, 0.3) is 0 Å². The molecule has 0 heterocycles. The van der Waals surface area contributed by atoms with Gasteiger partial charge in [0.2, 0.25) is 0 Å². The first-order valence-corrected chi connectivity index (χ1v) is 5.70. The van der Waals surface area contributed by atoms with Crippen LogP contribution >= 0.6 is 0 Å². The average Bonchev–Trinajstić information content (AvgIpc) is 2.15. The highest BCUT2D eigenvalue weighted by molar-refractivity contribution is 4.86. The van der Waals surface area contributed by atoms with Crippen molar-refractivity contribution >= 4 is 0 Å². The molecule has 2 heteroatoms. The van der Waals surface area contributed by atoms with E-state index < -0.39 is 0 Å². The topological polar surface area (TPSA) is 21.3 Å². The van der Waals surface area contributed by atoms with Crippen LogP contribution in [0.5, 0.6) is 0 Å². The molecular weight excluding hydrogens is 174 g/mol. The van der Waals surface area contributed by atoms with Crippen LogP contribution in [0.2, 0.25) is 0 Å². The standard InChI is InChI=1S/C12H25NO/c1-4-13-9-6-5-7-10-14-11-8-12(2)3/h13H,2,4-11H2,1,3H3. The number of hydrogen-bond donors (Lipinski definition) is 1. The van der Waals surface area contributed by atoms with Crippen molar-refractivity contribution in [2.75, 3.05) is 26.3 Å². The minimum absolute atomic E-state index is 0.836. The number of nitrogens with one attached hydrogen (secondary N) is 1. The van der Waals surface area contributed by atoms with Crippen LogP contribution < -0.4 is 5.32 Å². The van der Waals surface area contributed by atoms with Gasteiger partial charge >= 0.3 is 0 Å². The summed E-state index contributed by atoms with van der Waals surface area (Å²) < 4.78 is 5.47. The number of rotatable bonds is 10. The lowest BCUT2D eigenvalue weighted by molar-refractivity contribution is 0.133. The van der Waals surface area contributed by atoms with Crippen molar-refractivity contribution in [3.63, 3.8) is 0 Å². The van der Waals surface area contributed by atoms with Gasteiger partial charge in [-0.1, -0.05) is 12.5 Å². The first-order chi connectivity index (χ1) is 6.77. The van der Waals surface area contributed by atoms with Gasteiger partial charge in [0.1, 0.15) is 0 Å². The van der Waals surface area contributed by atoms with Crippen molar-refractivity contribution < 1.29 is 4.74 Å². The molecule has 0 radical (unpaired) electrons. The summed E-state index contributed by atoms with van der Waals surface area (Å²) in [5, 5.41) is 3.31. The van der Waals surface area contributed by atoms with Gasteiger partial charge < -0.3 is 10.1 Å². The van der Waals surface area contributed by atoms with Crippen LogP contribution in [0.4, 0.5) is 0 Å². The number of ether oxygens (including phenoxy) is 1. The van der Waals surface area contributed by atoms with Crippen molar-refractivity contribution in [2.45, 2.75) is 39.5 Å². The van der Waals surface area contributed by atoms with E-state index in [4.69, 9.17) is 4.74 Å². The molecule has 0 saturated heterocycles. The fourth-order valence-electron chi connectivity index (χ4n) is 1.16. The number of unbranched alkanes of at least 4 members (excludes halogenated alkanes) is 2. The third kappa shape index (κ3) is 11.7. The molecule has 0 saturated carbocycles. The van der Waals surface area contributed by atoms with E-state index >= 15 is 0 Å². The quantitative estimate of drug-likeness (QED) is 0.431. The van der Waals surface area contributed by atoms with Crippen molar-refractivity contribution in [1.29, 1.82) is 0 Å². The molecule has 0 atom stereocenters. The Hall–Kier alpha value is -0.340. The van der Waals surface area contributed by atoms with Gasteiger partial charge in [-0.2, -0.15) is 0 Å². The molecule has 0 amide bonds. The zero-order valence-electron chi connectivity index (χ0n) is 9.77. The highest BCUT2D eigenvalue weighted by Gasteiger charge is 1.91. The van der Waals surface area contributed by atoms with Crippen molar-refractivity contribution in [3.05, 3.63) is 12.2 Å². The molecule has 0 fully saturated rings. The van der Waals surface area contributed by atoms with Gasteiger partial charge in [0.25, 0.3) is 0 Å². The summed E-state index contributed by atoms with van der Waals surface area (Å²) in [6.45, 7) is 12.0. The van der Waals surface area contributed by atoms with Crippen molar-refractivity contribution in [2.24, 2.45) is 0 Å². The molecule has 0 aliphatic carbocycles. The van der Waals surface area contributed by atoms with E-state index in [0.717, 1.165) is 32.7 Å². The van der Waals surface area contributed by atoms with Crippen LogP contribution in [0.3, 0.4) is 0 Å². The van der Waals surface area contributed by atoms with E-state index in [-0.39, 0.29) is 0 Å². The third-order valence-corrected chi connectivity index (χ3v) is 2.07. The smallest absolute Gasteiger partial charge is 0.0502 e. The maximum absolute atomic E-state index is 5.47. The molecule has 0 aromatic carbocycles. The summed E-state index contributed by atoms with van der Waals surface area (Å²) in [7, 11) is 0. The monoisotopic (exact) mass is 199 g/mol. The van der Waals surface area contributed by atoms with Crippen LogP contribution in [-0.2, 0) is 4.74 Å². The summed E-state index contributed by atoms with van der Waals surface area (Å²) in [6, 6.07) is 0. The molecule has 0 bridgehead atoms. The highest BCUT2D eigenvalue weighted by atomic mass is 16.5. The third-order valence-electron chi connectivity index (χ3n) is 2.07. The van der Waals surface area contributed by atoms with Crippen LogP contribution in [0.15, 0.2) is 12.2 Å². The Kier molecular flexibility index (Phi) is 10.5. The Morgan fingerprint density at radius 1 is 1.21 bits per heavy atom. The molecular formula is C12H25NO. The zero-order chi connectivity index (χ0) is 10.6. The molecule has 2 nitrogen and oxygen atoms in total. The molecule has 0 aromatic rings. The van der Waals surface area contributed by atoms with Gasteiger partial charge in [-0.25, -0.2) is 0 Å². The lowest BCUT2D eigenvalue weighted by Gasteiger charge is -2.04. The largest absolute Gasteiger partial charge is 0.381 e. The molecule has 1 N–H and O–H groups in total. The summed E-state index contributed by atoms with van der Waals surface area (Å²) in [5.74, 6) is 0. The predicted octanol–water partition coefficient (Wildman–Crippen LogP) is 2.75. The lowest BCUT2D eigenvalue weighted by atomic mass is 10.2. The molecule has 14 heavy (non-hydrogen) atoms. The van der Waals surface area contributed by atoms with E-state index in [1.54, 1.807) is 0 Å². The predicted molar refractivity (Wildman–Crippen MR) is 62.6 cm³/mol. The fraction of sp³-hybridized carbons (Fsp3) is 0.833. The Morgan fingerprint density at radius 2 is 2.00 bits per heavy atom. The lowest BCUT2D eigenvalue weighted by Crippen LogP contribution is -2.13. The SMILES string of the molecule is C=C(C)CCOCCCCCNCC. The number of hydrogen-bond acceptors (Lipinski definition) is 2. The van der Waals surface area contributed by atoms with E-state index in [1.807, 2.05) is 6.92 Å². The second kappa shape index (κ2) is 10.7. The van der Waals surface area contributed by atoms with Gasteiger partial charge in [0, 0.05) is 6.61 Å². The highest BCUT2D eigenvalue weighted by Crippen LogP contribution is 1.98. The fourth-order valence-corrected chi connectivity index (χ4v) is 1.16. The Morgan fingerprint density at radius 3 is 2.64 bits per heavy atom. The second-order valence-electron chi connectivity index (χ2n) is 3.73. The maximum atomic E-state index is 5.47. The Balaban J connectivity index is 2.88. The molecule has 84 valence electrons. The van der Waals surface area contributed by atoms with Crippen molar-refractivity contribution in [1.82, 2.24) is 5.32 Å². The molecule has 0 unspecified atom stereocenters. The molecule has 0 aliphatic rings. The summed E-state index contributed by atoms with van der Waals surface area (Å²) in [5.41, 5.74) is 1.21. The first-order valence-electron chi connectivity index (χ1n) is 5.70. The van der Waals surface area contributed by atoms with Gasteiger partial charge in [-0.3, -0.25) is 0 Å². The average molecular weight is 199 g/mol. The minimum Gasteiger partial charge on any atom is -0.381 e. The second-order valence-corrected chi connectivity index (χ2v) is 3.73. The molecule has 0 aromatic heterocycles. The summed E-state index contributed by atoms with van der Waals surface area (Å²) in [6.07, 6.45) is 4.71. The Labute approximate surface area is 88.7 Å². The Bertz CT molecular complexity index is 134. The van der Waals surface area contributed by atoms with E-state index in [2.05, 4.69) is 18.8 Å². The molecule has 0 spiro atoms. The summed E-state index contributed by atoms with van der Waals surface area (Å²) in [4.78, 5) is 0. The van der Waals surface area contributed by atoms with Gasteiger partial charge in [-0.15, -0.1) is 6.58 Å². The normalized spacial score (nSPS) is 10.4. The molecule has 0 aliphatic heterocycles. The van der Waals surface area contributed by atoms with Gasteiger partial charge in [0.15, 0.2) is 0 Å². The van der Waals surface area contributed by atoms with E-state index in [9.17, 15) is 0 Å². The van der Waals surface area contributed by atoms with E-state index in [1.165, 1.54) is 24.8 Å². The minimum atomic E-state index is 0.836. The van der Waals surface area contributed by atoms with Crippen LogP contribution in [0, 0.1) is 0 Å². The van der Waals surface area contributed by atoms with E-state index in [0.29, 0.717) is 0 Å².